The van der Waals surface area contributed by atoms with Crippen LogP contribution < -0.4 is 4.74 Å². The highest BCUT2D eigenvalue weighted by Gasteiger charge is 2.37. The van der Waals surface area contributed by atoms with Gasteiger partial charge < -0.3 is 14.7 Å². The van der Waals surface area contributed by atoms with Crippen LogP contribution in [-0.4, -0.2) is 40.8 Å². The minimum Gasteiger partial charge on any atom is -0.494 e. The summed E-state index contributed by atoms with van der Waals surface area (Å²) in [5.41, 5.74) is 3.78. The van der Waals surface area contributed by atoms with Crippen molar-refractivity contribution in [3.8, 4) is 5.75 Å². The molecule has 2 aliphatic rings. The summed E-state index contributed by atoms with van der Waals surface area (Å²) in [6.45, 7) is 8.43. The Morgan fingerprint density at radius 1 is 1.16 bits per heavy atom. The molecule has 0 spiro atoms. The largest absolute Gasteiger partial charge is 0.494 e. The molecule has 4 rings (SSSR count). The number of amides is 1. The molecule has 2 aromatic carbocycles. The monoisotopic (exact) mass is 509 g/mol. The zero-order valence-electron chi connectivity index (χ0n) is 22.1. The van der Waals surface area contributed by atoms with Gasteiger partial charge >= 0.3 is 5.97 Å². The fourth-order valence-electron chi connectivity index (χ4n) is 5.74. The predicted molar refractivity (Wildman–Crippen MR) is 138 cm³/mol. The van der Waals surface area contributed by atoms with Crippen molar-refractivity contribution in [1.29, 1.82) is 0 Å². The van der Waals surface area contributed by atoms with Crippen molar-refractivity contribution in [2.45, 2.75) is 77.7 Å². The predicted octanol–water partition coefficient (Wildman–Crippen LogP) is 5.19. The molecule has 198 valence electrons. The number of aliphatic carboxylic acids is 1. The average molecular weight is 510 g/mol. The van der Waals surface area contributed by atoms with E-state index >= 15 is 4.39 Å². The quantitative estimate of drug-likeness (QED) is 0.503. The number of halogens is 1. The van der Waals surface area contributed by atoms with E-state index in [1.165, 1.54) is 6.07 Å². The molecule has 1 aliphatic heterocycles. The molecule has 0 saturated heterocycles. The summed E-state index contributed by atoms with van der Waals surface area (Å²) >= 11 is 0. The van der Waals surface area contributed by atoms with Crippen LogP contribution in [0.5, 0.6) is 5.75 Å². The normalized spacial score (nSPS) is 18.6. The van der Waals surface area contributed by atoms with Crippen molar-refractivity contribution in [3.63, 3.8) is 0 Å². The van der Waals surface area contributed by atoms with E-state index in [0.717, 1.165) is 35.1 Å². The number of nitrogens with zero attached hydrogens (tertiary/aromatic N) is 1. The lowest BCUT2D eigenvalue weighted by atomic mass is 9.84. The first-order chi connectivity index (χ1) is 17.5. The first-order valence-corrected chi connectivity index (χ1v) is 13.1. The molecule has 0 radical (unpaired) electrons. The lowest BCUT2D eigenvalue weighted by Gasteiger charge is -2.37. The highest BCUT2D eigenvalue weighted by molar-refractivity contribution is 5.92. The molecule has 1 N–H and O–H groups in total. The number of rotatable bonds is 9. The lowest BCUT2D eigenvalue weighted by molar-refractivity contribution is -0.143. The number of fused-ring (bicyclic) bond motifs is 2. The van der Waals surface area contributed by atoms with Crippen LogP contribution >= 0.6 is 0 Å². The molecule has 0 unspecified atom stereocenters. The third-order valence-corrected chi connectivity index (χ3v) is 7.80. The van der Waals surface area contributed by atoms with Crippen LogP contribution in [0.15, 0.2) is 30.3 Å². The Bertz CT molecular complexity index is 1220. The molecule has 0 saturated carbocycles. The summed E-state index contributed by atoms with van der Waals surface area (Å²) in [7, 11) is 0. The third kappa shape index (κ3) is 5.55. The standard InChI is InChI=1S/C30H36FNO5/c1-5-37-22-7-8-23-20(17-22)11-13-32(26(34)9-6-18(2)29(35)36)28(23)25(33)16-19-14-21-10-12-30(3,4)27(21)24(31)15-19/h7-8,14-15,17-18,28H,5-6,9-13,16H2,1-4H3,(H,35,36)/t18-,28-/m1/s1. The topological polar surface area (TPSA) is 83.9 Å². The fourth-order valence-corrected chi connectivity index (χ4v) is 5.74. The molecule has 2 aromatic rings. The molecule has 7 heteroatoms. The SMILES string of the molecule is CCOc1ccc2c(c1)CCN(C(=O)CC[C@@H](C)C(=O)O)[C@H]2C(=O)Cc1cc(F)c2c(c1)CCC2(C)C. The number of hydrogen-bond donors (Lipinski definition) is 1. The van der Waals surface area contributed by atoms with Crippen molar-refractivity contribution >= 4 is 17.7 Å². The number of carbonyl (C=O) groups excluding carboxylic acids is 2. The minimum atomic E-state index is -0.949. The molecule has 1 amide bonds. The van der Waals surface area contributed by atoms with Gasteiger partial charge in [0.15, 0.2) is 5.78 Å². The summed E-state index contributed by atoms with van der Waals surface area (Å²) in [5, 5.41) is 9.21. The molecule has 6 nitrogen and oxygen atoms in total. The number of aryl methyl sites for hydroxylation is 1. The van der Waals surface area contributed by atoms with Crippen LogP contribution in [0, 0.1) is 11.7 Å². The number of hydrogen-bond acceptors (Lipinski definition) is 4. The highest BCUT2D eigenvalue weighted by Crippen LogP contribution is 2.41. The van der Waals surface area contributed by atoms with E-state index in [2.05, 4.69) is 0 Å². The second-order valence-corrected chi connectivity index (χ2v) is 11.0. The van der Waals surface area contributed by atoms with Crippen molar-refractivity contribution in [2.75, 3.05) is 13.2 Å². The Morgan fingerprint density at radius 2 is 1.92 bits per heavy atom. The average Bonchev–Trinajstić information content (AvgIpc) is 3.16. The lowest BCUT2D eigenvalue weighted by Crippen LogP contribution is -2.44. The third-order valence-electron chi connectivity index (χ3n) is 7.80. The minimum absolute atomic E-state index is 0.0112. The smallest absolute Gasteiger partial charge is 0.306 e. The van der Waals surface area contributed by atoms with E-state index in [9.17, 15) is 19.5 Å². The van der Waals surface area contributed by atoms with Crippen LogP contribution in [-0.2, 0) is 39.1 Å². The van der Waals surface area contributed by atoms with Gasteiger partial charge in [-0.1, -0.05) is 32.9 Å². The summed E-state index contributed by atoms with van der Waals surface area (Å²) in [6, 6.07) is 8.17. The second kappa shape index (κ2) is 10.6. The van der Waals surface area contributed by atoms with E-state index < -0.39 is 17.9 Å². The van der Waals surface area contributed by atoms with Crippen LogP contribution in [0.4, 0.5) is 4.39 Å². The molecule has 1 heterocycles. The molecule has 37 heavy (non-hydrogen) atoms. The molecule has 0 fully saturated rings. The summed E-state index contributed by atoms with van der Waals surface area (Å²) in [5.74, 6) is -1.58. The fraction of sp³-hybridized carbons (Fsp3) is 0.500. The number of carboxylic acid groups (broad SMARTS) is 1. The Morgan fingerprint density at radius 3 is 2.62 bits per heavy atom. The van der Waals surface area contributed by atoms with Gasteiger partial charge in [0.2, 0.25) is 5.91 Å². The van der Waals surface area contributed by atoms with E-state index in [1.807, 2.05) is 39.0 Å². The summed E-state index contributed by atoms with van der Waals surface area (Å²) in [6.07, 6.45) is 2.48. The van der Waals surface area contributed by atoms with Crippen molar-refractivity contribution in [2.24, 2.45) is 5.92 Å². The van der Waals surface area contributed by atoms with Gasteiger partial charge in [-0.05, 0) is 84.0 Å². The second-order valence-electron chi connectivity index (χ2n) is 11.0. The molecule has 0 aromatic heterocycles. The van der Waals surface area contributed by atoms with Gasteiger partial charge in [-0.2, -0.15) is 0 Å². The zero-order chi connectivity index (χ0) is 26.9. The van der Waals surface area contributed by atoms with Gasteiger partial charge in [0, 0.05) is 19.4 Å². The van der Waals surface area contributed by atoms with Crippen molar-refractivity contribution in [1.82, 2.24) is 4.90 Å². The van der Waals surface area contributed by atoms with E-state index in [4.69, 9.17) is 4.74 Å². The van der Waals surface area contributed by atoms with Crippen molar-refractivity contribution in [3.05, 3.63) is 64.0 Å². The summed E-state index contributed by atoms with van der Waals surface area (Å²) in [4.78, 5) is 39.9. The zero-order valence-corrected chi connectivity index (χ0v) is 22.1. The van der Waals surface area contributed by atoms with E-state index in [0.29, 0.717) is 30.9 Å². The maximum absolute atomic E-state index is 15.1. The first-order valence-electron chi connectivity index (χ1n) is 13.1. The number of benzene rings is 2. The number of carboxylic acids is 1. The van der Waals surface area contributed by atoms with Gasteiger partial charge in [-0.25, -0.2) is 4.39 Å². The maximum atomic E-state index is 15.1. The van der Waals surface area contributed by atoms with E-state index in [-0.39, 0.29) is 42.2 Å². The Labute approximate surface area is 217 Å². The van der Waals surface area contributed by atoms with Gasteiger partial charge in [0.05, 0.1) is 12.5 Å². The van der Waals surface area contributed by atoms with Crippen LogP contribution in [0.1, 0.15) is 80.8 Å². The van der Waals surface area contributed by atoms with Gasteiger partial charge in [0.25, 0.3) is 0 Å². The van der Waals surface area contributed by atoms with Gasteiger partial charge in [0.1, 0.15) is 17.6 Å². The Hall–Kier alpha value is -3.22. The molecule has 0 bridgehead atoms. The molecular weight excluding hydrogens is 473 g/mol. The van der Waals surface area contributed by atoms with Gasteiger partial charge in [-0.3, -0.25) is 14.4 Å². The molecule has 1 aliphatic carbocycles. The maximum Gasteiger partial charge on any atom is 0.306 e. The Balaban J connectivity index is 1.63. The van der Waals surface area contributed by atoms with Crippen LogP contribution in [0.3, 0.4) is 0 Å². The first kappa shape index (κ1) is 26.8. The van der Waals surface area contributed by atoms with Crippen LogP contribution in [0.25, 0.3) is 0 Å². The molecule has 2 atom stereocenters. The number of carbonyl (C=O) groups is 3. The molecular formula is C30H36FNO5. The van der Waals surface area contributed by atoms with Crippen molar-refractivity contribution < 1.29 is 28.6 Å². The van der Waals surface area contributed by atoms with Gasteiger partial charge in [-0.15, -0.1) is 0 Å². The highest BCUT2D eigenvalue weighted by atomic mass is 19.1. The number of ether oxygens (including phenoxy) is 1. The van der Waals surface area contributed by atoms with E-state index in [1.54, 1.807) is 17.9 Å². The Kier molecular flexibility index (Phi) is 7.72. The summed E-state index contributed by atoms with van der Waals surface area (Å²) < 4.78 is 20.7. The van der Waals surface area contributed by atoms with Crippen LogP contribution in [0.2, 0.25) is 0 Å². The number of Topliss-reactive ketones (excluding diaryl/α,β-unsaturated/α-hetero) is 1. The number of ketones is 1.